The van der Waals surface area contributed by atoms with Crippen LogP contribution in [0, 0.1) is 18.3 Å². The first-order valence-electron chi connectivity index (χ1n) is 10.1. The summed E-state index contributed by atoms with van der Waals surface area (Å²) < 4.78 is 5.17. The first-order valence-corrected chi connectivity index (χ1v) is 10.9. The van der Waals surface area contributed by atoms with E-state index in [2.05, 4.69) is 9.97 Å². The van der Waals surface area contributed by atoms with Gasteiger partial charge in [0.15, 0.2) is 5.13 Å². The zero-order chi connectivity index (χ0) is 23.5. The van der Waals surface area contributed by atoms with E-state index in [0.717, 1.165) is 10.9 Å². The van der Waals surface area contributed by atoms with Crippen molar-refractivity contribution in [3.05, 3.63) is 76.4 Å². The Kier molecular flexibility index (Phi) is 6.07. The molecule has 0 aliphatic rings. The average molecular weight is 457 g/mol. The minimum absolute atomic E-state index is 0.0291. The summed E-state index contributed by atoms with van der Waals surface area (Å²) in [6.07, 6.45) is 1.45. The van der Waals surface area contributed by atoms with Gasteiger partial charge in [-0.1, -0.05) is 18.2 Å². The zero-order valence-corrected chi connectivity index (χ0v) is 19.1. The summed E-state index contributed by atoms with van der Waals surface area (Å²) in [5.74, 6) is 0.0892. The van der Waals surface area contributed by atoms with Gasteiger partial charge in [-0.15, -0.1) is 11.3 Å². The number of allylic oxidation sites excluding steroid dienone is 1. The molecular formula is C25H20N4O3S. The van der Waals surface area contributed by atoms with Gasteiger partial charge >= 0.3 is 0 Å². The number of thiazole rings is 1. The zero-order valence-electron chi connectivity index (χ0n) is 18.2. The van der Waals surface area contributed by atoms with Crippen LogP contribution in [0.2, 0.25) is 0 Å². The number of anilines is 2. The number of nitrogens with one attached hydrogen (secondary N) is 1. The van der Waals surface area contributed by atoms with Crippen LogP contribution in [0.5, 0.6) is 5.75 Å². The Morgan fingerprint density at radius 2 is 1.91 bits per heavy atom. The molecule has 4 aromatic rings. The van der Waals surface area contributed by atoms with Gasteiger partial charge in [-0.25, -0.2) is 4.98 Å². The number of para-hydroxylation sites is 1. The van der Waals surface area contributed by atoms with E-state index in [0.29, 0.717) is 33.5 Å². The third-order valence-electron chi connectivity index (χ3n) is 5.12. The lowest BCUT2D eigenvalue weighted by molar-refractivity contribution is -0.115. The van der Waals surface area contributed by atoms with Crippen LogP contribution in [-0.2, 0) is 4.79 Å². The summed E-state index contributed by atoms with van der Waals surface area (Å²) >= 11 is 1.25. The van der Waals surface area contributed by atoms with Crippen molar-refractivity contribution in [2.24, 2.45) is 0 Å². The number of aryl methyl sites for hydroxylation is 1. The first-order chi connectivity index (χ1) is 15.9. The number of fused-ring (bicyclic) bond motifs is 1. The molecule has 2 heterocycles. The van der Waals surface area contributed by atoms with Gasteiger partial charge in [-0.05, 0) is 43.3 Å². The molecule has 1 N–H and O–H groups in total. The second kappa shape index (κ2) is 9.10. The van der Waals surface area contributed by atoms with Crippen molar-refractivity contribution >= 4 is 50.8 Å². The summed E-state index contributed by atoms with van der Waals surface area (Å²) in [6.45, 7) is 3.26. The highest BCUT2D eigenvalue weighted by atomic mass is 32.1. The summed E-state index contributed by atoms with van der Waals surface area (Å²) in [5.41, 5.74) is 3.04. The van der Waals surface area contributed by atoms with Crippen molar-refractivity contribution in [2.75, 3.05) is 12.0 Å². The molecule has 7 nitrogen and oxygen atoms in total. The molecule has 2 aromatic carbocycles. The first kappa shape index (κ1) is 22.0. The fraction of sp³-hybridized carbons (Fsp3) is 0.120. The Morgan fingerprint density at radius 1 is 1.18 bits per heavy atom. The van der Waals surface area contributed by atoms with Crippen LogP contribution >= 0.6 is 11.3 Å². The number of ether oxygens (including phenoxy) is 1. The number of carbonyl (C=O) groups is 2. The second-order valence-electron chi connectivity index (χ2n) is 7.28. The maximum Gasteiger partial charge on any atom is 0.230 e. The van der Waals surface area contributed by atoms with Crippen LogP contribution in [-0.4, -0.2) is 28.8 Å². The van der Waals surface area contributed by atoms with Crippen molar-refractivity contribution in [1.82, 2.24) is 9.97 Å². The SMILES string of the molecule is COc1ccc(N(C(C)=O)c2nc(/C=C(\C#N)C(=O)c3c(C)[nH]c4ccccc34)cs2)cc1. The summed E-state index contributed by atoms with van der Waals surface area (Å²) in [7, 11) is 1.57. The Morgan fingerprint density at radius 3 is 2.58 bits per heavy atom. The molecule has 0 spiro atoms. The highest BCUT2D eigenvalue weighted by molar-refractivity contribution is 7.14. The highest BCUT2D eigenvalue weighted by Gasteiger charge is 2.21. The molecule has 0 radical (unpaired) electrons. The van der Waals surface area contributed by atoms with Gasteiger partial charge in [-0.2, -0.15) is 5.26 Å². The number of hydrogen-bond donors (Lipinski definition) is 1. The Labute approximate surface area is 194 Å². The van der Waals surface area contributed by atoms with Gasteiger partial charge in [0, 0.05) is 28.9 Å². The van der Waals surface area contributed by atoms with E-state index in [1.807, 2.05) is 37.3 Å². The van der Waals surface area contributed by atoms with Crippen molar-refractivity contribution < 1.29 is 14.3 Å². The monoisotopic (exact) mass is 456 g/mol. The number of H-pyrrole nitrogens is 1. The largest absolute Gasteiger partial charge is 0.497 e. The van der Waals surface area contributed by atoms with Gasteiger partial charge in [0.05, 0.1) is 24.1 Å². The number of amides is 1. The van der Waals surface area contributed by atoms with E-state index in [4.69, 9.17) is 4.74 Å². The molecule has 0 bridgehead atoms. The van der Waals surface area contributed by atoms with Gasteiger partial charge in [-0.3, -0.25) is 14.5 Å². The third-order valence-corrected chi connectivity index (χ3v) is 5.97. The van der Waals surface area contributed by atoms with Crippen molar-refractivity contribution in [2.45, 2.75) is 13.8 Å². The minimum atomic E-state index is -0.374. The predicted octanol–water partition coefficient (Wildman–Crippen LogP) is 5.42. The Balaban J connectivity index is 1.68. The normalized spacial score (nSPS) is 11.3. The van der Waals surface area contributed by atoms with Crippen LogP contribution < -0.4 is 9.64 Å². The Bertz CT molecular complexity index is 1420. The van der Waals surface area contributed by atoms with Gasteiger partial charge < -0.3 is 9.72 Å². The number of Topliss-reactive ketones (excluding diaryl/α,β-unsaturated/α-hetero) is 1. The molecule has 0 aliphatic carbocycles. The quantitative estimate of drug-likeness (QED) is 0.237. The number of hydrogen-bond acceptors (Lipinski definition) is 6. The molecular weight excluding hydrogens is 436 g/mol. The molecule has 0 atom stereocenters. The highest BCUT2D eigenvalue weighted by Crippen LogP contribution is 2.31. The van der Waals surface area contributed by atoms with Gasteiger partial charge in [0.2, 0.25) is 11.7 Å². The lowest BCUT2D eigenvalue weighted by atomic mass is 10.0. The van der Waals surface area contributed by atoms with Crippen molar-refractivity contribution in [3.8, 4) is 11.8 Å². The van der Waals surface area contributed by atoms with E-state index < -0.39 is 0 Å². The number of ketones is 1. The molecule has 33 heavy (non-hydrogen) atoms. The summed E-state index contributed by atoms with van der Waals surface area (Å²) in [6, 6.07) is 16.5. The third kappa shape index (κ3) is 4.27. The predicted molar refractivity (Wildman–Crippen MR) is 129 cm³/mol. The molecule has 0 aliphatic heterocycles. The minimum Gasteiger partial charge on any atom is -0.497 e. The fourth-order valence-corrected chi connectivity index (χ4v) is 4.45. The molecule has 0 saturated heterocycles. The molecule has 8 heteroatoms. The van der Waals surface area contributed by atoms with Crippen molar-refractivity contribution in [1.29, 1.82) is 5.26 Å². The Hall–Kier alpha value is -4.22. The molecule has 2 aromatic heterocycles. The number of nitrogens with zero attached hydrogens (tertiary/aromatic N) is 3. The van der Waals surface area contributed by atoms with E-state index in [1.165, 1.54) is 29.2 Å². The van der Waals surface area contributed by atoms with Crippen LogP contribution in [0.3, 0.4) is 0 Å². The van der Waals surface area contributed by atoms with E-state index in [-0.39, 0.29) is 17.3 Å². The van der Waals surface area contributed by atoms with Crippen LogP contribution in [0.15, 0.2) is 59.5 Å². The van der Waals surface area contributed by atoms with Gasteiger partial charge in [0.25, 0.3) is 0 Å². The summed E-state index contributed by atoms with van der Waals surface area (Å²) in [5, 5.41) is 12.6. The molecule has 0 fully saturated rings. The number of nitriles is 1. The molecule has 4 rings (SSSR count). The lowest BCUT2D eigenvalue weighted by Gasteiger charge is -2.18. The molecule has 0 saturated carbocycles. The van der Waals surface area contributed by atoms with E-state index in [9.17, 15) is 14.9 Å². The lowest BCUT2D eigenvalue weighted by Crippen LogP contribution is -2.22. The van der Waals surface area contributed by atoms with Crippen LogP contribution in [0.25, 0.3) is 17.0 Å². The molecule has 164 valence electrons. The maximum atomic E-state index is 13.2. The molecule has 1 amide bonds. The van der Waals surface area contributed by atoms with Gasteiger partial charge in [0.1, 0.15) is 17.4 Å². The number of methoxy groups -OCH3 is 1. The number of aromatic amines is 1. The van der Waals surface area contributed by atoms with Crippen LogP contribution in [0.4, 0.5) is 10.8 Å². The number of carbonyl (C=O) groups excluding carboxylic acids is 2. The standard InChI is InChI=1S/C25H20N4O3S/c1-15-23(21-6-4-5-7-22(21)27-15)24(31)17(13-26)12-18-14-33-25(28-18)29(16(2)30)19-8-10-20(32-3)11-9-19/h4-12,14,27H,1-3H3/b17-12+. The van der Waals surface area contributed by atoms with Crippen molar-refractivity contribution in [3.63, 3.8) is 0 Å². The number of benzene rings is 2. The number of rotatable bonds is 6. The number of aromatic nitrogens is 2. The fourth-order valence-electron chi connectivity index (χ4n) is 3.60. The summed E-state index contributed by atoms with van der Waals surface area (Å²) in [4.78, 5) is 34.7. The van der Waals surface area contributed by atoms with E-state index in [1.54, 1.807) is 36.8 Å². The second-order valence-corrected chi connectivity index (χ2v) is 8.11. The van der Waals surface area contributed by atoms with Crippen LogP contribution in [0.1, 0.15) is 28.7 Å². The maximum absolute atomic E-state index is 13.2. The smallest absolute Gasteiger partial charge is 0.230 e. The average Bonchev–Trinajstić information content (AvgIpc) is 3.40. The van der Waals surface area contributed by atoms with E-state index >= 15 is 0 Å². The topological polar surface area (TPSA) is 99.1 Å². The molecule has 0 unspecified atom stereocenters.